The van der Waals surface area contributed by atoms with Crippen LogP contribution >= 0.6 is 0 Å². The van der Waals surface area contributed by atoms with Gasteiger partial charge in [-0.25, -0.2) is 4.39 Å². The summed E-state index contributed by atoms with van der Waals surface area (Å²) in [4.78, 5) is 9.77. The van der Waals surface area contributed by atoms with Crippen LogP contribution in [0.3, 0.4) is 0 Å². The van der Waals surface area contributed by atoms with Crippen LogP contribution in [-0.4, -0.2) is 10.6 Å². The van der Waals surface area contributed by atoms with Crippen LogP contribution < -0.4 is 5.43 Å². The molecule has 84 valence electrons. The molecule has 0 aliphatic carbocycles. The number of nitriles is 2. The number of hydrogen-bond acceptors (Lipinski definition) is 6. The van der Waals surface area contributed by atoms with Crippen molar-refractivity contribution in [1.29, 1.82) is 10.5 Å². The summed E-state index contributed by atoms with van der Waals surface area (Å²) < 4.78 is 12.8. The lowest BCUT2D eigenvalue weighted by molar-refractivity contribution is -0.384. The van der Waals surface area contributed by atoms with Crippen molar-refractivity contribution in [2.75, 3.05) is 5.43 Å². The average molecular weight is 233 g/mol. The van der Waals surface area contributed by atoms with Crippen molar-refractivity contribution in [1.82, 2.24) is 0 Å². The van der Waals surface area contributed by atoms with E-state index in [1.807, 2.05) is 0 Å². The van der Waals surface area contributed by atoms with E-state index < -0.39 is 22.1 Å². The van der Waals surface area contributed by atoms with Gasteiger partial charge in [0.15, 0.2) is 0 Å². The molecule has 0 radical (unpaired) electrons. The fraction of sp³-hybridized carbons (Fsp3) is 0. The Balaban J connectivity index is 3.09. The van der Waals surface area contributed by atoms with Crippen molar-refractivity contribution in [3.63, 3.8) is 0 Å². The zero-order chi connectivity index (χ0) is 12.8. The Bertz CT molecular complexity index is 554. The molecule has 8 heteroatoms. The summed E-state index contributed by atoms with van der Waals surface area (Å²) in [5.41, 5.74) is 1.01. The van der Waals surface area contributed by atoms with Gasteiger partial charge in [-0.3, -0.25) is 15.5 Å². The molecule has 0 aliphatic heterocycles. The molecule has 0 unspecified atom stereocenters. The molecule has 0 aliphatic rings. The third-order valence-electron chi connectivity index (χ3n) is 1.66. The lowest BCUT2D eigenvalue weighted by Gasteiger charge is -2.01. The quantitative estimate of drug-likeness (QED) is 0.483. The monoisotopic (exact) mass is 233 g/mol. The number of hydrazone groups is 1. The zero-order valence-electron chi connectivity index (χ0n) is 8.22. The highest BCUT2D eigenvalue weighted by Crippen LogP contribution is 2.24. The number of benzene rings is 1. The summed E-state index contributed by atoms with van der Waals surface area (Å²) in [6, 6.07) is 5.71. The maximum absolute atomic E-state index is 12.8. The molecule has 0 bridgehead atoms. The van der Waals surface area contributed by atoms with Crippen molar-refractivity contribution in [3.05, 3.63) is 34.1 Å². The zero-order valence-corrected chi connectivity index (χ0v) is 8.22. The van der Waals surface area contributed by atoms with Crippen LogP contribution in [0.25, 0.3) is 0 Å². The third kappa shape index (κ3) is 2.97. The Morgan fingerprint density at radius 3 is 2.65 bits per heavy atom. The van der Waals surface area contributed by atoms with Crippen molar-refractivity contribution >= 4 is 17.1 Å². The second-order valence-electron chi connectivity index (χ2n) is 2.71. The van der Waals surface area contributed by atoms with Gasteiger partial charge in [0.05, 0.1) is 11.0 Å². The summed E-state index contributed by atoms with van der Waals surface area (Å²) in [5.74, 6) is -0.771. The Morgan fingerprint density at radius 2 is 2.12 bits per heavy atom. The largest absolute Gasteiger partial charge is 0.297 e. The minimum Gasteiger partial charge on any atom is -0.270 e. The second-order valence-corrected chi connectivity index (χ2v) is 2.71. The predicted molar refractivity (Wildman–Crippen MR) is 55.3 cm³/mol. The molecule has 7 nitrogen and oxygen atoms in total. The van der Waals surface area contributed by atoms with Crippen LogP contribution in [0.4, 0.5) is 15.8 Å². The summed E-state index contributed by atoms with van der Waals surface area (Å²) >= 11 is 0. The van der Waals surface area contributed by atoms with Crippen LogP contribution in [0, 0.1) is 38.6 Å². The van der Waals surface area contributed by atoms with Gasteiger partial charge in [-0.15, -0.1) is 0 Å². The molecule has 0 amide bonds. The van der Waals surface area contributed by atoms with Gasteiger partial charge in [0, 0.05) is 0 Å². The first kappa shape index (κ1) is 12.1. The van der Waals surface area contributed by atoms with E-state index in [4.69, 9.17) is 10.5 Å². The predicted octanol–water partition coefficient (Wildman–Crippen LogP) is 1.55. The fourth-order valence-corrected chi connectivity index (χ4v) is 0.942. The van der Waals surface area contributed by atoms with E-state index in [1.165, 1.54) is 12.1 Å². The van der Waals surface area contributed by atoms with Crippen LogP contribution in [-0.2, 0) is 0 Å². The molecule has 1 rings (SSSR count). The average Bonchev–Trinajstić information content (AvgIpc) is 2.31. The van der Waals surface area contributed by atoms with Gasteiger partial charge in [-0.2, -0.15) is 15.6 Å². The topological polar surface area (TPSA) is 115 Å². The number of halogens is 1. The SMILES string of the molecule is N#CC(C#N)=NNc1ccc(F)cc1[N+](=O)[O-]. The molecular formula is C9H4FN5O2. The van der Waals surface area contributed by atoms with E-state index in [-0.39, 0.29) is 5.69 Å². The fourth-order valence-electron chi connectivity index (χ4n) is 0.942. The minimum atomic E-state index is -0.806. The lowest BCUT2D eigenvalue weighted by Crippen LogP contribution is -2.00. The van der Waals surface area contributed by atoms with Gasteiger partial charge in [0.1, 0.15) is 23.6 Å². The molecule has 0 saturated heterocycles. The highest BCUT2D eigenvalue weighted by Gasteiger charge is 2.14. The smallest absolute Gasteiger partial charge is 0.270 e. The highest BCUT2D eigenvalue weighted by atomic mass is 19.1. The van der Waals surface area contributed by atoms with E-state index in [9.17, 15) is 14.5 Å². The van der Waals surface area contributed by atoms with Crippen molar-refractivity contribution in [2.24, 2.45) is 5.10 Å². The van der Waals surface area contributed by atoms with E-state index >= 15 is 0 Å². The normalized spacial score (nSPS) is 8.65. The van der Waals surface area contributed by atoms with Gasteiger partial charge < -0.3 is 0 Å². The molecule has 1 N–H and O–H groups in total. The van der Waals surface area contributed by atoms with E-state index in [2.05, 4.69) is 10.5 Å². The molecule has 17 heavy (non-hydrogen) atoms. The van der Waals surface area contributed by atoms with Crippen LogP contribution in [0.15, 0.2) is 23.3 Å². The van der Waals surface area contributed by atoms with Gasteiger partial charge in [0.2, 0.25) is 5.71 Å². The molecule has 0 fully saturated rings. The molecular weight excluding hydrogens is 229 g/mol. The van der Waals surface area contributed by atoms with Crippen LogP contribution in [0.5, 0.6) is 0 Å². The molecule has 0 heterocycles. The molecule has 0 spiro atoms. The number of nitrogens with one attached hydrogen (secondary N) is 1. The van der Waals surface area contributed by atoms with E-state index in [0.717, 1.165) is 12.1 Å². The number of rotatable bonds is 3. The summed E-state index contributed by atoms with van der Waals surface area (Å²) in [6.45, 7) is 0. The summed E-state index contributed by atoms with van der Waals surface area (Å²) in [5, 5.41) is 30.7. The molecule has 0 aromatic heterocycles. The van der Waals surface area contributed by atoms with Gasteiger partial charge in [0.25, 0.3) is 5.69 Å². The Morgan fingerprint density at radius 1 is 1.47 bits per heavy atom. The first-order valence-corrected chi connectivity index (χ1v) is 4.16. The molecule has 0 atom stereocenters. The standard InChI is InChI=1S/C9H4FN5O2/c10-6-1-2-8(9(3-6)15(16)17)14-13-7(4-11)5-12/h1-3,14H. The number of hydrogen-bond donors (Lipinski definition) is 1. The summed E-state index contributed by atoms with van der Waals surface area (Å²) in [7, 11) is 0. The first-order valence-electron chi connectivity index (χ1n) is 4.16. The molecule has 1 aromatic rings. The highest BCUT2D eigenvalue weighted by molar-refractivity contribution is 6.10. The van der Waals surface area contributed by atoms with Crippen LogP contribution in [0.2, 0.25) is 0 Å². The first-order chi connectivity index (χ1) is 8.08. The molecule has 1 aromatic carbocycles. The van der Waals surface area contributed by atoms with E-state index in [1.54, 1.807) is 0 Å². The van der Waals surface area contributed by atoms with Crippen LogP contribution in [0.1, 0.15) is 0 Å². The maximum Gasteiger partial charge on any atom is 0.297 e. The van der Waals surface area contributed by atoms with Crippen molar-refractivity contribution in [3.8, 4) is 12.1 Å². The minimum absolute atomic E-state index is 0.112. The van der Waals surface area contributed by atoms with Crippen molar-refractivity contribution < 1.29 is 9.31 Å². The number of nitrogens with zero attached hydrogens (tertiary/aromatic N) is 4. The van der Waals surface area contributed by atoms with Crippen molar-refractivity contribution in [2.45, 2.75) is 0 Å². The summed E-state index contributed by atoms with van der Waals surface area (Å²) in [6.07, 6.45) is 0. The van der Waals surface area contributed by atoms with Gasteiger partial charge in [-0.1, -0.05) is 0 Å². The maximum atomic E-state index is 12.8. The Kier molecular flexibility index (Phi) is 3.68. The third-order valence-corrected chi connectivity index (χ3v) is 1.66. The van der Waals surface area contributed by atoms with Gasteiger partial charge >= 0.3 is 0 Å². The lowest BCUT2D eigenvalue weighted by atomic mass is 10.2. The molecule has 0 saturated carbocycles. The van der Waals surface area contributed by atoms with Gasteiger partial charge in [-0.05, 0) is 12.1 Å². The number of nitro groups is 1. The Hall–Kier alpha value is -3.00. The number of nitro benzene ring substituents is 1. The van der Waals surface area contributed by atoms with E-state index in [0.29, 0.717) is 6.07 Å². The number of anilines is 1. The Labute approximate surface area is 94.5 Å². The second kappa shape index (κ2) is 5.19.